The van der Waals surface area contributed by atoms with Crippen molar-refractivity contribution in [2.45, 2.75) is 26.3 Å². The monoisotopic (exact) mass is 530 g/mol. The van der Waals surface area contributed by atoms with Crippen LogP contribution >= 0.6 is 24.0 Å². The molecule has 0 atom stereocenters. The normalized spacial score (nSPS) is 18.7. The fourth-order valence-corrected chi connectivity index (χ4v) is 3.94. The van der Waals surface area contributed by atoms with Crippen LogP contribution in [0.2, 0.25) is 0 Å². The summed E-state index contributed by atoms with van der Waals surface area (Å²) in [4.78, 5) is 28.3. The van der Waals surface area contributed by atoms with Crippen LogP contribution in [0.4, 0.5) is 5.82 Å². The first-order valence-corrected chi connectivity index (χ1v) is 10.6. The van der Waals surface area contributed by atoms with Crippen molar-refractivity contribution in [2.75, 3.05) is 64.9 Å². The summed E-state index contributed by atoms with van der Waals surface area (Å²) in [5.41, 5.74) is 1.15. The molecule has 0 spiro atoms. The van der Waals surface area contributed by atoms with Crippen LogP contribution in [0.1, 0.15) is 25.3 Å². The molecule has 0 unspecified atom stereocenters. The quantitative estimate of drug-likeness (QED) is 0.270. The first-order valence-electron chi connectivity index (χ1n) is 10.6. The Kier molecular flexibility index (Phi) is 10.1. The number of carbonyl (C=O) groups excluding carboxylic acids is 1. The molecule has 2 fully saturated rings. The Balaban J connectivity index is 0.00000320. The van der Waals surface area contributed by atoms with E-state index in [9.17, 15) is 4.79 Å². The predicted molar refractivity (Wildman–Crippen MR) is 130 cm³/mol. The number of methoxy groups -OCH3 is 1. The van der Waals surface area contributed by atoms with Crippen molar-refractivity contribution in [3.63, 3.8) is 0 Å². The Morgan fingerprint density at radius 3 is 2.57 bits per heavy atom. The smallest absolute Gasteiger partial charge is 0.308 e. The minimum absolute atomic E-state index is 0. The number of nitrogens with zero attached hydrogens (tertiary/aromatic N) is 5. The van der Waals surface area contributed by atoms with Crippen LogP contribution in [0.15, 0.2) is 23.3 Å². The van der Waals surface area contributed by atoms with E-state index in [1.807, 2.05) is 12.3 Å². The number of hydrogen-bond acceptors (Lipinski definition) is 6. The van der Waals surface area contributed by atoms with Crippen LogP contribution in [-0.2, 0) is 16.1 Å². The van der Waals surface area contributed by atoms with E-state index in [1.165, 1.54) is 7.11 Å². The Bertz CT molecular complexity index is 700. The molecular formula is C21H35IN6O2. The van der Waals surface area contributed by atoms with Crippen molar-refractivity contribution in [3.8, 4) is 0 Å². The first kappa shape index (κ1) is 24.6. The molecule has 1 aromatic heterocycles. The zero-order chi connectivity index (χ0) is 20.6. The molecule has 168 valence electrons. The maximum Gasteiger partial charge on any atom is 0.308 e. The average molecular weight is 530 g/mol. The molecule has 3 rings (SSSR count). The molecule has 8 nitrogen and oxygen atoms in total. The summed E-state index contributed by atoms with van der Waals surface area (Å²) in [6.07, 6.45) is 3.47. The molecule has 3 heterocycles. The van der Waals surface area contributed by atoms with Crippen molar-refractivity contribution in [1.82, 2.24) is 20.1 Å². The molecule has 0 bridgehead atoms. The summed E-state index contributed by atoms with van der Waals surface area (Å²) >= 11 is 0. The van der Waals surface area contributed by atoms with E-state index < -0.39 is 0 Å². The minimum Gasteiger partial charge on any atom is -0.469 e. The third kappa shape index (κ3) is 6.44. The van der Waals surface area contributed by atoms with Crippen molar-refractivity contribution in [1.29, 1.82) is 0 Å². The van der Waals surface area contributed by atoms with E-state index in [0.717, 1.165) is 76.0 Å². The number of piperazine rings is 1. The summed E-state index contributed by atoms with van der Waals surface area (Å²) in [6, 6.07) is 4.11. The van der Waals surface area contributed by atoms with E-state index in [0.29, 0.717) is 6.54 Å². The van der Waals surface area contributed by atoms with E-state index >= 15 is 0 Å². The molecule has 1 aromatic rings. The maximum absolute atomic E-state index is 11.8. The number of likely N-dealkylation sites (tertiary alicyclic amines) is 1. The molecule has 0 amide bonds. The van der Waals surface area contributed by atoms with Crippen LogP contribution in [0, 0.1) is 5.92 Å². The number of hydrogen-bond donors (Lipinski definition) is 1. The van der Waals surface area contributed by atoms with Crippen LogP contribution in [0.5, 0.6) is 0 Å². The van der Waals surface area contributed by atoms with Crippen LogP contribution < -0.4 is 10.2 Å². The minimum atomic E-state index is -0.0984. The molecular weight excluding hydrogens is 495 g/mol. The lowest BCUT2D eigenvalue weighted by atomic mass is 9.97. The number of piperidine rings is 1. The standard InChI is InChI=1S/C21H34N6O2.HI/c1-4-22-21(27-10-7-17(8-11-27)20(28)29-3)24-16-18-6-5-9-23-19(18)26-14-12-25(2)13-15-26;/h5-6,9,17H,4,7-8,10-16H2,1-3H3,(H,22,24);1H. The van der Waals surface area contributed by atoms with Crippen molar-refractivity contribution in [2.24, 2.45) is 10.9 Å². The highest BCUT2D eigenvalue weighted by Gasteiger charge is 2.27. The fraction of sp³-hybridized carbons (Fsp3) is 0.667. The maximum atomic E-state index is 11.8. The van der Waals surface area contributed by atoms with Gasteiger partial charge >= 0.3 is 5.97 Å². The second-order valence-corrected chi connectivity index (χ2v) is 7.73. The van der Waals surface area contributed by atoms with E-state index in [1.54, 1.807) is 0 Å². The molecule has 30 heavy (non-hydrogen) atoms. The fourth-order valence-electron chi connectivity index (χ4n) is 3.94. The van der Waals surface area contributed by atoms with Gasteiger partial charge in [-0.25, -0.2) is 9.98 Å². The van der Waals surface area contributed by atoms with Gasteiger partial charge in [0.1, 0.15) is 5.82 Å². The topological polar surface area (TPSA) is 73.3 Å². The Morgan fingerprint density at radius 1 is 1.23 bits per heavy atom. The van der Waals surface area contributed by atoms with Gasteiger partial charge in [0.2, 0.25) is 0 Å². The summed E-state index contributed by atoms with van der Waals surface area (Å²) in [6.45, 7) is 9.19. The Morgan fingerprint density at radius 2 is 1.93 bits per heavy atom. The number of halogens is 1. The number of anilines is 1. The molecule has 2 aliphatic rings. The van der Waals surface area contributed by atoms with Crippen LogP contribution in [0.25, 0.3) is 0 Å². The second kappa shape index (κ2) is 12.3. The number of ether oxygens (including phenoxy) is 1. The SMILES string of the molecule is CCNC(=NCc1cccnc1N1CCN(C)CC1)N1CCC(C(=O)OC)CC1.I. The van der Waals surface area contributed by atoms with Gasteiger partial charge in [0, 0.05) is 57.6 Å². The number of aromatic nitrogens is 1. The number of esters is 1. The van der Waals surface area contributed by atoms with E-state index in [2.05, 4.69) is 45.0 Å². The molecule has 9 heteroatoms. The number of nitrogens with one attached hydrogen (secondary N) is 1. The van der Waals surface area contributed by atoms with Crippen LogP contribution in [-0.4, -0.2) is 86.7 Å². The van der Waals surface area contributed by atoms with Gasteiger partial charge in [0.15, 0.2) is 5.96 Å². The number of aliphatic imine (C=N–C) groups is 1. The van der Waals surface area contributed by atoms with Gasteiger partial charge in [0.25, 0.3) is 0 Å². The van der Waals surface area contributed by atoms with Crippen LogP contribution in [0.3, 0.4) is 0 Å². The summed E-state index contributed by atoms with van der Waals surface area (Å²) in [5, 5.41) is 3.40. The zero-order valence-electron chi connectivity index (χ0n) is 18.3. The zero-order valence-corrected chi connectivity index (χ0v) is 20.7. The van der Waals surface area contributed by atoms with Gasteiger partial charge in [-0.05, 0) is 32.9 Å². The highest BCUT2D eigenvalue weighted by molar-refractivity contribution is 14.0. The van der Waals surface area contributed by atoms with Gasteiger partial charge in [0.05, 0.1) is 19.6 Å². The average Bonchev–Trinajstić information content (AvgIpc) is 2.77. The number of likely N-dealkylation sites (N-methyl/N-ethyl adjacent to an activating group) is 1. The third-order valence-electron chi connectivity index (χ3n) is 5.73. The summed E-state index contributed by atoms with van der Waals surface area (Å²) < 4.78 is 4.90. The molecule has 0 aromatic carbocycles. The Labute approximate surface area is 197 Å². The number of carbonyl (C=O) groups is 1. The highest BCUT2D eigenvalue weighted by Crippen LogP contribution is 2.21. The molecule has 0 aliphatic carbocycles. The Hall–Kier alpha value is -1.62. The molecule has 1 N–H and O–H groups in total. The number of rotatable bonds is 5. The summed E-state index contributed by atoms with van der Waals surface area (Å²) in [5.74, 6) is 1.86. The van der Waals surface area contributed by atoms with Gasteiger partial charge in [-0.15, -0.1) is 24.0 Å². The van der Waals surface area contributed by atoms with Crippen molar-refractivity contribution >= 4 is 41.7 Å². The summed E-state index contributed by atoms with van der Waals surface area (Å²) in [7, 11) is 3.62. The third-order valence-corrected chi connectivity index (χ3v) is 5.73. The molecule has 0 saturated carbocycles. The molecule has 2 saturated heterocycles. The van der Waals surface area contributed by atoms with Gasteiger partial charge in [-0.2, -0.15) is 0 Å². The predicted octanol–water partition coefficient (Wildman–Crippen LogP) is 1.80. The lowest BCUT2D eigenvalue weighted by molar-refractivity contribution is -0.146. The molecule has 2 aliphatic heterocycles. The lowest BCUT2D eigenvalue weighted by Gasteiger charge is -2.34. The van der Waals surface area contributed by atoms with E-state index in [-0.39, 0.29) is 35.9 Å². The second-order valence-electron chi connectivity index (χ2n) is 7.73. The lowest BCUT2D eigenvalue weighted by Crippen LogP contribution is -2.46. The van der Waals surface area contributed by atoms with Gasteiger partial charge < -0.3 is 24.8 Å². The number of guanidine groups is 1. The van der Waals surface area contributed by atoms with Crippen molar-refractivity contribution in [3.05, 3.63) is 23.9 Å². The van der Waals surface area contributed by atoms with Gasteiger partial charge in [-0.1, -0.05) is 6.07 Å². The highest BCUT2D eigenvalue weighted by atomic mass is 127. The molecule has 0 radical (unpaired) electrons. The van der Waals surface area contributed by atoms with E-state index in [4.69, 9.17) is 9.73 Å². The largest absolute Gasteiger partial charge is 0.469 e. The van der Waals surface area contributed by atoms with Gasteiger partial charge in [-0.3, -0.25) is 4.79 Å². The van der Waals surface area contributed by atoms with Crippen molar-refractivity contribution < 1.29 is 9.53 Å². The number of pyridine rings is 1. The first-order chi connectivity index (χ1) is 14.1.